The first-order valence-corrected chi connectivity index (χ1v) is 9.34. The van der Waals surface area contributed by atoms with E-state index in [0.29, 0.717) is 35.5 Å². The second kappa shape index (κ2) is 10.9. The number of hydrogen-bond donors (Lipinski definition) is 1. The Morgan fingerprint density at radius 1 is 0.966 bits per heavy atom. The summed E-state index contributed by atoms with van der Waals surface area (Å²) in [6.07, 6.45) is 0.913. The molecular weight excluding hydrogens is 374 g/mol. The SMILES string of the molecule is COc1ccc(NC(=O)COC(=O)c2ccc(OCCC(C)C)c(OC)c2)cc1. The van der Waals surface area contributed by atoms with Crippen LogP contribution in [0.2, 0.25) is 0 Å². The van der Waals surface area contributed by atoms with E-state index in [1.54, 1.807) is 43.5 Å². The van der Waals surface area contributed by atoms with Gasteiger partial charge in [-0.2, -0.15) is 0 Å². The molecule has 2 rings (SSSR count). The average molecular weight is 401 g/mol. The maximum Gasteiger partial charge on any atom is 0.338 e. The van der Waals surface area contributed by atoms with E-state index in [-0.39, 0.29) is 5.56 Å². The Balaban J connectivity index is 1.89. The lowest BCUT2D eigenvalue weighted by molar-refractivity contribution is -0.119. The molecule has 0 aliphatic carbocycles. The van der Waals surface area contributed by atoms with Gasteiger partial charge < -0.3 is 24.3 Å². The van der Waals surface area contributed by atoms with E-state index in [9.17, 15) is 9.59 Å². The lowest BCUT2D eigenvalue weighted by Gasteiger charge is -2.13. The Morgan fingerprint density at radius 2 is 1.69 bits per heavy atom. The van der Waals surface area contributed by atoms with Crippen LogP contribution in [0.3, 0.4) is 0 Å². The number of benzene rings is 2. The van der Waals surface area contributed by atoms with Gasteiger partial charge in [-0.3, -0.25) is 4.79 Å². The molecule has 0 atom stereocenters. The van der Waals surface area contributed by atoms with Gasteiger partial charge in [0.1, 0.15) is 5.75 Å². The first-order chi connectivity index (χ1) is 13.9. The number of hydrogen-bond acceptors (Lipinski definition) is 6. The molecule has 0 heterocycles. The van der Waals surface area contributed by atoms with E-state index in [1.165, 1.54) is 13.2 Å². The number of rotatable bonds is 10. The molecule has 0 fully saturated rings. The number of carbonyl (C=O) groups excluding carboxylic acids is 2. The molecule has 0 aromatic heterocycles. The van der Waals surface area contributed by atoms with Crippen molar-refractivity contribution in [2.45, 2.75) is 20.3 Å². The van der Waals surface area contributed by atoms with Crippen LogP contribution in [0.15, 0.2) is 42.5 Å². The molecule has 2 aromatic rings. The molecular formula is C22H27NO6. The van der Waals surface area contributed by atoms with E-state index >= 15 is 0 Å². The first-order valence-electron chi connectivity index (χ1n) is 9.34. The number of carbonyl (C=O) groups is 2. The maximum absolute atomic E-state index is 12.3. The molecule has 0 spiro atoms. The van der Waals surface area contributed by atoms with Crippen LogP contribution in [0, 0.1) is 5.92 Å². The Hall–Kier alpha value is -3.22. The average Bonchev–Trinajstić information content (AvgIpc) is 2.72. The van der Waals surface area contributed by atoms with Gasteiger partial charge in [0.25, 0.3) is 5.91 Å². The molecule has 29 heavy (non-hydrogen) atoms. The smallest absolute Gasteiger partial charge is 0.338 e. The normalized spacial score (nSPS) is 10.4. The van der Waals surface area contributed by atoms with Crippen molar-refractivity contribution in [2.24, 2.45) is 5.92 Å². The molecule has 1 amide bonds. The highest BCUT2D eigenvalue weighted by atomic mass is 16.5. The third-order valence-corrected chi connectivity index (χ3v) is 4.06. The fraction of sp³-hybridized carbons (Fsp3) is 0.364. The predicted molar refractivity (Wildman–Crippen MR) is 110 cm³/mol. The maximum atomic E-state index is 12.3. The highest BCUT2D eigenvalue weighted by Crippen LogP contribution is 2.28. The number of methoxy groups -OCH3 is 2. The summed E-state index contributed by atoms with van der Waals surface area (Å²) in [5.74, 6) is 1.14. The van der Waals surface area contributed by atoms with Crippen molar-refractivity contribution in [1.82, 2.24) is 0 Å². The standard InChI is InChI=1S/C22H27NO6/c1-15(2)11-12-28-19-10-5-16(13-20(19)27-4)22(25)29-14-21(24)23-17-6-8-18(26-3)9-7-17/h5-10,13,15H,11-12,14H2,1-4H3,(H,23,24). The molecule has 0 bridgehead atoms. The van der Waals surface area contributed by atoms with Gasteiger partial charge in [0.05, 0.1) is 26.4 Å². The molecule has 0 aliphatic heterocycles. The van der Waals surface area contributed by atoms with Crippen molar-refractivity contribution in [1.29, 1.82) is 0 Å². The van der Waals surface area contributed by atoms with E-state index in [1.807, 2.05) is 0 Å². The van der Waals surface area contributed by atoms with E-state index in [2.05, 4.69) is 19.2 Å². The summed E-state index contributed by atoms with van der Waals surface area (Å²) in [5, 5.41) is 2.65. The number of ether oxygens (including phenoxy) is 4. The molecule has 0 saturated carbocycles. The van der Waals surface area contributed by atoms with Crippen molar-refractivity contribution < 1.29 is 28.5 Å². The highest BCUT2D eigenvalue weighted by molar-refractivity contribution is 5.95. The molecule has 7 nitrogen and oxygen atoms in total. The third-order valence-electron chi connectivity index (χ3n) is 4.06. The Labute approximate surface area is 170 Å². The van der Waals surface area contributed by atoms with E-state index in [4.69, 9.17) is 18.9 Å². The molecule has 0 unspecified atom stereocenters. The number of esters is 1. The van der Waals surface area contributed by atoms with Crippen LogP contribution in [0.4, 0.5) is 5.69 Å². The van der Waals surface area contributed by atoms with Gasteiger partial charge in [-0.25, -0.2) is 4.79 Å². The summed E-state index contributed by atoms with van der Waals surface area (Å²) in [7, 11) is 3.06. The molecule has 7 heteroatoms. The monoisotopic (exact) mass is 401 g/mol. The minimum Gasteiger partial charge on any atom is -0.497 e. The van der Waals surface area contributed by atoms with Gasteiger partial charge in [-0.05, 0) is 54.8 Å². The van der Waals surface area contributed by atoms with Crippen molar-refractivity contribution >= 4 is 17.6 Å². The number of amides is 1. The molecule has 0 radical (unpaired) electrons. The fourth-order valence-electron chi connectivity index (χ4n) is 2.40. The minimum absolute atomic E-state index is 0.273. The largest absolute Gasteiger partial charge is 0.497 e. The van der Waals surface area contributed by atoms with Gasteiger partial charge in [-0.15, -0.1) is 0 Å². The van der Waals surface area contributed by atoms with Crippen LogP contribution >= 0.6 is 0 Å². The van der Waals surface area contributed by atoms with Crippen molar-refractivity contribution in [3.8, 4) is 17.2 Å². The highest BCUT2D eigenvalue weighted by Gasteiger charge is 2.14. The summed E-state index contributed by atoms with van der Waals surface area (Å²) in [6.45, 7) is 4.39. The Morgan fingerprint density at radius 3 is 2.31 bits per heavy atom. The molecule has 1 N–H and O–H groups in total. The summed E-state index contributed by atoms with van der Waals surface area (Å²) in [6, 6.07) is 11.6. The predicted octanol–water partition coefficient (Wildman–Crippen LogP) is 3.92. The van der Waals surface area contributed by atoms with Gasteiger partial charge >= 0.3 is 5.97 Å². The van der Waals surface area contributed by atoms with Crippen LogP contribution in [0.1, 0.15) is 30.6 Å². The molecule has 0 saturated heterocycles. The van der Waals surface area contributed by atoms with Crippen LogP contribution in [-0.2, 0) is 9.53 Å². The van der Waals surface area contributed by atoms with E-state index < -0.39 is 18.5 Å². The van der Waals surface area contributed by atoms with Crippen LogP contribution in [0.25, 0.3) is 0 Å². The fourth-order valence-corrected chi connectivity index (χ4v) is 2.40. The summed E-state index contributed by atoms with van der Waals surface area (Å²) in [4.78, 5) is 24.2. The summed E-state index contributed by atoms with van der Waals surface area (Å²) < 4.78 is 21.1. The lowest BCUT2D eigenvalue weighted by atomic mass is 10.1. The molecule has 0 aliphatic rings. The van der Waals surface area contributed by atoms with Gasteiger partial charge in [0.2, 0.25) is 0 Å². The molecule has 2 aromatic carbocycles. The zero-order valence-electron chi connectivity index (χ0n) is 17.2. The van der Waals surface area contributed by atoms with Crippen LogP contribution in [0.5, 0.6) is 17.2 Å². The van der Waals surface area contributed by atoms with Crippen molar-refractivity contribution in [3.05, 3.63) is 48.0 Å². The summed E-state index contributed by atoms with van der Waals surface area (Å²) in [5.41, 5.74) is 0.853. The van der Waals surface area contributed by atoms with Gasteiger partial charge in [-0.1, -0.05) is 13.8 Å². The number of anilines is 1. The topological polar surface area (TPSA) is 83.1 Å². The van der Waals surface area contributed by atoms with Gasteiger partial charge in [0, 0.05) is 5.69 Å². The minimum atomic E-state index is -0.623. The Bertz CT molecular complexity index is 817. The zero-order chi connectivity index (χ0) is 21.2. The lowest BCUT2D eigenvalue weighted by Crippen LogP contribution is -2.21. The zero-order valence-corrected chi connectivity index (χ0v) is 17.2. The molecule has 156 valence electrons. The second-order valence-electron chi connectivity index (χ2n) is 6.75. The van der Waals surface area contributed by atoms with Crippen molar-refractivity contribution in [2.75, 3.05) is 32.8 Å². The summed E-state index contributed by atoms with van der Waals surface area (Å²) >= 11 is 0. The number of nitrogens with one attached hydrogen (secondary N) is 1. The second-order valence-corrected chi connectivity index (χ2v) is 6.75. The van der Waals surface area contributed by atoms with Crippen LogP contribution < -0.4 is 19.5 Å². The van der Waals surface area contributed by atoms with E-state index in [0.717, 1.165) is 6.42 Å². The van der Waals surface area contributed by atoms with Crippen LogP contribution in [-0.4, -0.2) is 39.3 Å². The van der Waals surface area contributed by atoms with Crippen molar-refractivity contribution in [3.63, 3.8) is 0 Å². The quantitative estimate of drug-likeness (QED) is 0.608. The Kier molecular flexibility index (Phi) is 8.33. The third kappa shape index (κ3) is 7.03. The first kappa shape index (κ1) is 22.1. The van der Waals surface area contributed by atoms with Gasteiger partial charge in [0.15, 0.2) is 18.1 Å².